The maximum Gasteiger partial charge on any atom is 0.320 e. The molecule has 0 radical (unpaired) electrons. The van der Waals surface area contributed by atoms with Crippen molar-refractivity contribution < 1.29 is 19.4 Å². The number of hydrogen-bond donors (Lipinski definition) is 2. The zero-order valence-corrected chi connectivity index (χ0v) is 14.3. The zero-order valence-electron chi connectivity index (χ0n) is 14.3. The fourth-order valence-corrected chi connectivity index (χ4v) is 3.14. The van der Waals surface area contributed by atoms with Crippen LogP contribution in [0.5, 0.6) is 5.75 Å². The summed E-state index contributed by atoms with van der Waals surface area (Å²) in [4.78, 5) is 25.5. The summed E-state index contributed by atoms with van der Waals surface area (Å²) in [6.45, 7) is 3.69. The number of benzene rings is 1. The molecular formula is C18H26N2O4. The number of carboxylic acid groups (broad SMARTS) is 1. The summed E-state index contributed by atoms with van der Waals surface area (Å²) < 4.78 is 5.11. The fraction of sp³-hybridized carbons (Fsp3) is 0.556. The topological polar surface area (TPSA) is 78.9 Å². The van der Waals surface area contributed by atoms with Crippen LogP contribution < -0.4 is 10.1 Å². The van der Waals surface area contributed by atoms with Crippen molar-refractivity contribution in [2.75, 3.05) is 20.2 Å². The third-order valence-electron chi connectivity index (χ3n) is 4.64. The lowest BCUT2D eigenvalue weighted by Crippen LogP contribution is -2.47. The maximum atomic E-state index is 12.3. The predicted octanol–water partition coefficient (Wildman–Crippen LogP) is 1.89. The van der Waals surface area contributed by atoms with E-state index in [4.69, 9.17) is 4.74 Å². The van der Waals surface area contributed by atoms with Crippen LogP contribution in [0.4, 0.5) is 0 Å². The van der Waals surface area contributed by atoms with E-state index in [0.717, 1.165) is 11.3 Å². The van der Waals surface area contributed by atoms with Crippen LogP contribution in [-0.2, 0) is 16.1 Å². The van der Waals surface area contributed by atoms with E-state index in [1.165, 1.54) is 0 Å². The quantitative estimate of drug-likeness (QED) is 0.796. The first-order chi connectivity index (χ1) is 11.5. The number of aliphatic carboxylic acids is 1. The van der Waals surface area contributed by atoms with Gasteiger partial charge in [-0.05, 0) is 50.0 Å². The fourth-order valence-electron chi connectivity index (χ4n) is 3.14. The molecule has 1 saturated heterocycles. The van der Waals surface area contributed by atoms with Crippen LogP contribution >= 0.6 is 0 Å². The molecule has 0 aromatic heterocycles. The van der Waals surface area contributed by atoms with Gasteiger partial charge in [0.1, 0.15) is 11.8 Å². The molecule has 1 aliphatic heterocycles. The first kappa shape index (κ1) is 18.3. The lowest BCUT2D eigenvalue weighted by atomic mass is 9.94. The van der Waals surface area contributed by atoms with Gasteiger partial charge in [0, 0.05) is 12.5 Å². The van der Waals surface area contributed by atoms with Crippen molar-refractivity contribution in [2.45, 2.75) is 38.8 Å². The lowest BCUT2D eigenvalue weighted by Gasteiger charge is -2.34. The van der Waals surface area contributed by atoms with Crippen LogP contribution in [0, 0.1) is 5.92 Å². The Balaban J connectivity index is 1.79. The molecule has 1 aromatic carbocycles. The van der Waals surface area contributed by atoms with Gasteiger partial charge < -0.3 is 15.2 Å². The molecule has 0 bridgehead atoms. The highest BCUT2D eigenvalue weighted by atomic mass is 16.5. The second-order valence-corrected chi connectivity index (χ2v) is 6.14. The second kappa shape index (κ2) is 8.68. The van der Waals surface area contributed by atoms with Crippen LogP contribution in [0.25, 0.3) is 0 Å². The molecule has 0 spiro atoms. The van der Waals surface area contributed by atoms with Crippen molar-refractivity contribution in [3.05, 3.63) is 29.8 Å². The van der Waals surface area contributed by atoms with Gasteiger partial charge in [-0.15, -0.1) is 0 Å². The molecule has 1 heterocycles. The highest BCUT2D eigenvalue weighted by Crippen LogP contribution is 2.20. The van der Waals surface area contributed by atoms with E-state index in [2.05, 4.69) is 5.32 Å². The molecule has 2 rings (SSSR count). The molecule has 6 nitrogen and oxygen atoms in total. The van der Waals surface area contributed by atoms with Crippen molar-refractivity contribution in [3.8, 4) is 5.75 Å². The molecule has 1 fully saturated rings. The minimum atomic E-state index is -0.778. The molecule has 1 amide bonds. The van der Waals surface area contributed by atoms with Crippen LogP contribution in [0.15, 0.2) is 24.3 Å². The van der Waals surface area contributed by atoms with E-state index in [1.807, 2.05) is 36.1 Å². The summed E-state index contributed by atoms with van der Waals surface area (Å²) in [7, 11) is 1.62. The molecule has 132 valence electrons. The highest BCUT2D eigenvalue weighted by Gasteiger charge is 2.30. The van der Waals surface area contributed by atoms with E-state index in [-0.39, 0.29) is 11.8 Å². The van der Waals surface area contributed by atoms with Crippen molar-refractivity contribution in [1.29, 1.82) is 0 Å². The highest BCUT2D eigenvalue weighted by molar-refractivity contribution is 5.79. The van der Waals surface area contributed by atoms with Crippen molar-refractivity contribution in [1.82, 2.24) is 10.2 Å². The number of nitrogens with zero attached hydrogens (tertiary/aromatic N) is 1. The minimum Gasteiger partial charge on any atom is -0.497 e. The summed E-state index contributed by atoms with van der Waals surface area (Å²) >= 11 is 0. The second-order valence-electron chi connectivity index (χ2n) is 6.14. The van der Waals surface area contributed by atoms with Crippen LogP contribution in [0.3, 0.4) is 0 Å². The number of carboxylic acids is 1. The molecule has 6 heteroatoms. The number of ether oxygens (including phenoxy) is 1. The Kier molecular flexibility index (Phi) is 6.61. The monoisotopic (exact) mass is 334 g/mol. The zero-order chi connectivity index (χ0) is 17.5. The number of hydrogen-bond acceptors (Lipinski definition) is 4. The Labute approximate surface area is 142 Å². The third kappa shape index (κ3) is 4.71. The standard InChI is InChI=1S/C18H26N2O4/c1-3-16(18(22)23)20-10-8-14(9-11-20)17(21)19-12-13-4-6-15(24-2)7-5-13/h4-7,14,16H,3,8-12H2,1-2H3,(H,19,21)(H,22,23). The number of carbonyl (C=O) groups is 2. The molecule has 0 aliphatic carbocycles. The molecule has 24 heavy (non-hydrogen) atoms. The van der Waals surface area contributed by atoms with Crippen LogP contribution in [-0.4, -0.2) is 48.1 Å². The van der Waals surface area contributed by atoms with Gasteiger partial charge in [-0.3, -0.25) is 14.5 Å². The normalized spacial score (nSPS) is 17.2. The van der Waals surface area contributed by atoms with E-state index < -0.39 is 12.0 Å². The number of carbonyl (C=O) groups excluding carboxylic acids is 1. The van der Waals surface area contributed by atoms with Crippen LogP contribution in [0.2, 0.25) is 0 Å². The molecule has 2 N–H and O–H groups in total. The molecular weight excluding hydrogens is 308 g/mol. The maximum absolute atomic E-state index is 12.3. The molecule has 1 atom stereocenters. The van der Waals surface area contributed by atoms with Gasteiger partial charge >= 0.3 is 5.97 Å². The summed E-state index contributed by atoms with van der Waals surface area (Å²) in [6, 6.07) is 7.17. The number of nitrogens with one attached hydrogen (secondary N) is 1. The molecule has 1 aromatic rings. The minimum absolute atomic E-state index is 0.0363. The SMILES string of the molecule is CCC(C(=O)O)N1CCC(C(=O)NCc2ccc(OC)cc2)CC1. The lowest BCUT2D eigenvalue weighted by molar-refractivity contribution is -0.144. The first-order valence-electron chi connectivity index (χ1n) is 8.42. The number of rotatable bonds is 7. The number of likely N-dealkylation sites (tertiary alicyclic amines) is 1. The van der Waals surface area contributed by atoms with Gasteiger partial charge in [0.2, 0.25) is 5.91 Å². The summed E-state index contributed by atoms with van der Waals surface area (Å²) in [5.41, 5.74) is 1.03. The van der Waals surface area contributed by atoms with Gasteiger partial charge in [-0.1, -0.05) is 19.1 Å². The van der Waals surface area contributed by atoms with Gasteiger partial charge in [0.05, 0.1) is 7.11 Å². The van der Waals surface area contributed by atoms with Crippen LogP contribution in [0.1, 0.15) is 31.7 Å². The summed E-state index contributed by atoms with van der Waals surface area (Å²) in [6.07, 6.45) is 2.00. The van der Waals surface area contributed by atoms with E-state index in [0.29, 0.717) is 38.9 Å². The molecule has 1 aliphatic rings. The van der Waals surface area contributed by atoms with Crippen molar-refractivity contribution in [3.63, 3.8) is 0 Å². The van der Waals surface area contributed by atoms with Gasteiger partial charge in [0.25, 0.3) is 0 Å². The average Bonchev–Trinajstić information content (AvgIpc) is 2.61. The Morgan fingerprint density at radius 1 is 1.29 bits per heavy atom. The molecule has 0 saturated carbocycles. The average molecular weight is 334 g/mol. The van der Waals surface area contributed by atoms with Gasteiger partial charge in [-0.25, -0.2) is 0 Å². The number of amides is 1. The first-order valence-corrected chi connectivity index (χ1v) is 8.42. The Morgan fingerprint density at radius 2 is 1.92 bits per heavy atom. The third-order valence-corrected chi connectivity index (χ3v) is 4.64. The van der Waals surface area contributed by atoms with Crippen molar-refractivity contribution in [2.24, 2.45) is 5.92 Å². The van der Waals surface area contributed by atoms with Crippen molar-refractivity contribution >= 4 is 11.9 Å². The van der Waals surface area contributed by atoms with E-state index in [1.54, 1.807) is 7.11 Å². The van der Waals surface area contributed by atoms with Gasteiger partial charge in [0.15, 0.2) is 0 Å². The number of piperidine rings is 1. The van der Waals surface area contributed by atoms with E-state index >= 15 is 0 Å². The van der Waals surface area contributed by atoms with Gasteiger partial charge in [-0.2, -0.15) is 0 Å². The van der Waals surface area contributed by atoms with E-state index in [9.17, 15) is 14.7 Å². The smallest absolute Gasteiger partial charge is 0.320 e. The Bertz CT molecular complexity index is 551. The number of methoxy groups -OCH3 is 1. The summed E-state index contributed by atoms with van der Waals surface area (Å²) in [5, 5.41) is 12.2. The molecule has 1 unspecified atom stereocenters. The predicted molar refractivity (Wildman–Crippen MR) is 90.9 cm³/mol. The Morgan fingerprint density at radius 3 is 2.42 bits per heavy atom. The summed E-state index contributed by atoms with van der Waals surface area (Å²) in [5.74, 6) is 0.0286. The Hall–Kier alpha value is -2.08. The largest absolute Gasteiger partial charge is 0.497 e.